The van der Waals surface area contributed by atoms with E-state index in [1.165, 1.54) is 30.7 Å². The van der Waals surface area contributed by atoms with E-state index in [9.17, 15) is 14.9 Å². The standard InChI is InChI=1S/C15H17NO4/c1-15(9-10-2-5-12(15)8-10)20-14(17)11-3-6-13(7-4-11)16(18)19/h3-4,6-7,10,12H,2,5,8-9H2,1H3/t10-,12-,15-/m0/s1. The van der Waals surface area contributed by atoms with E-state index in [-0.39, 0.29) is 17.3 Å². The maximum Gasteiger partial charge on any atom is 0.338 e. The Labute approximate surface area is 117 Å². The maximum absolute atomic E-state index is 12.2. The summed E-state index contributed by atoms with van der Waals surface area (Å²) in [4.78, 5) is 22.3. The molecule has 5 heteroatoms. The van der Waals surface area contributed by atoms with Crippen LogP contribution in [-0.4, -0.2) is 16.5 Å². The molecule has 3 atom stereocenters. The number of hydrogen-bond donors (Lipinski definition) is 0. The number of ether oxygens (including phenoxy) is 1. The second kappa shape index (κ2) is 4.58. The van der Waals surface area contributed by atoms with Gasteiger partial charge in [0.05, 0.1) is 10.5 Å². The lowest BCUT2D eigenvalue weighted by atomic mass is 9.85. The monoisotopic (exact) mass is 275 g/mol. The van der Waals surface area contributed by atoms with E-state index in [1.54, 1.807) is 0 Å². The number of hydrogen-bond acceptors (Lipinski definition) is 4. The first kappa shape index (κ1) is 13.1. The molecule has 1 aromatic carbocycles. The first-order valence-electron chi connectivity index (χ1n) is 6.96. The molecule has 2 bridgehead atoms. The summed E-state index contributed by atoms with van der Waals surface area (Å²) in [5.41, 5.74) is -0.00538. The quantitative estimate of drug-likeness (QED) is 0.482. The molecule has 5 nitrogen and oxygen atoms in total. The third-order valence-electron chi connectivity index (χ3n) is 4.74. The lowest BCUT2D eigenvalue weighted by Gasteiger charge is -2.33. The fourth-order valence-corrected chi connectivity index (χ4v) is 3.67. The van der Waals surface area contributed by atoms with Crippen LogP contribution in [0.15, 0.2) is 24.3 Å². The molecule has 0 aromatic heterocycles. The number of rotatable bonds is 3. The number of carbonyl (C=O) groups is 1. The van der Waals surface area contributed by atoms with Crippen LogP contribution in [0.2, 0.25) is 0 Å². The summed E-state index contributed by atoms with van der Waals surface area (Å²) in [5, 5.41) is 10.6. The molecule has 0 spiro atoms. The smallest absolute Gasteiger partial charge is 0.338 e. The molecule has 106 valence electrons. The molecule has 0 heterocycles. The van der Waals surface area contributed by atoms with Crippen molar-refractivity contribution < 1.29 is 14.5 Å². The van der Waals surface area contributed by atoms with E-state index in [0.29, 0.717) is 17.4 Å². The van der Waals surface area contributed by atoms with Crippen LogP contribution in [-0.2, 0) is 4.74 Å². The summed E-state index contributed by atoms with van der Waals surface area (Å²) in [5.74, 6) is 0.777. The largest absolute Gasteiger partial charge is 0.455 e. The molecule has 1 aromatic rings. The van der Waals surface area contributed by atoms with Gasteiger partial charge in [-0.15, -0.1) is 0 Å². The zero-order chi connectivity index (χ0) is 14.3. The summed E-state index contributed by atoms with van der Waals surface area (Å²) in [7, 11) is 0. The van der Waals surface area contributed by atoms with Crippen molar-refractivity contribution in [2.24, 2.45) is 11.8 Å². The minimum Gasteiger partial charge on any atom is -0.455 e. The van der Waals surface area contributed by atoms with E-state index in [1.807, 2.05) is 6.92 Å². The van der Waals surface area contributed by atoms with Gasteiger partial charge in [-0.1, -0.05) is 0 Å². The second-order valence-electron chi connectivity index (χ2n) is 6.09. The van der Waals surface area contributed by atoms with Crippen LogP contribution in [0.25, 0.3) is 0 Å². The van der Waals surface area contributed by atoms with E-state index in [0.717, 1.165) is 19.3 Å². The average molecular weight is 275 g/mol. The predicted molar refractivity (Wildman–Crippen MR) is 72.4 cm³/mol. The van der Waals surface area contributed by atoms with Gasteiger partial charge in [0.25, 0.3) is 5.69 Å². The van der Waals surface area contributed by atoms with Gasteiger partial charge in [0.15, 0.2) is 0 Å². The molecular weight excluding hydrogens is 258 g/mol. The number of fused-ring (bicyclic) bond motifs is 2. The van der Waals surface area contributed by atoms with Crippen molar-refractivity contribution in [1.29, 1.82) is 0 Å². The van der Waals surface area contributed by atoms with Gasteiger partial charge in [-0.3, -0.25) is 10.1 Å². The molecule has 3 rings (SSSR count). The van der Waals surface area contributed by atoms with E-state index >= 15 is 0 Å². The average Bonchev–Trinajstić information content (AvgIpc) is 2.98. The molecule has 0 amide bonds. The van der Waals surface area contributed by atoms with Crippen LogP contribution in [0.4, 0.5) is 5.69 Å². The minimum atomic E-state index is -0.480. The van der Waals surface area contributed by atoms with Crippen molar-refractivity contribution in [2.45, 2.75) is 38.2 Å². The van der Waals surface area contributed by atoms with Crippen LogP contribution in [0.1, 0.15) is 43.0 Å². The highest BCUT2D eigenvalue weighted by Crippen LogP contribution is 2.52. The van der Waals surface area contributed by atoms with Crippen molar-refractivity contribution in [3.8, 4) is 0 Å². The fourth-order valence-electron chi connectivity index (χ4n) is 3.67. The molecule has 0 N–H and O–H groups in total. The van der Waals surface area contributed by atoms with Crippen molar-refractivity contribution in [2.75, 3.05) is 0 Å². The molecule has 0 aliphatic heterocycles. The van der Waals surface area contributed by atoms with Crippen molar-refractivity contribution in [1.82, 2.24) is 0 Å². The second-order valence-corrected chi connectivity index (χ2v) is 6.09. The molecule has 0 unspecified atom stereocenters. The molecule has 0 saturated heterocycles. The first-order chi connectivity index (χ1) is 9.48. The Balaban J connectivity index is 1.72. The normalized spacial score (nSPS) is 31.2. The predicted octanol–water partition coefficient (Wildman–Crippen LogP) is 3.33. The summed E-state index contributed by atoms with van der Waals surface area (Å²) in [6, 6.07) is 5.58. The number of nitro groups is 1. The third-order valence-corrected chi connectivity index (χ3v) is 4.74. The fraction of sp³-hybridized carbons (Fsp3) is 0.533. The highest BCUT2D eigenvalue weighted by Gasteiger charge is 2.50. The van der Waals surface area contributed by atoms with E-state index < -0.39 is 4.92 Å². The lowest BCUT2D eigenvalue weighted by molar-refractivity contribution is -0.384. The molecular formula is C15H17NO4. The number of benzene rings is 1. The van der Waals surface area contributed by atoms with Crippen LogP contribution in [0.3, 0.4) is 0 Å². The van der Waals surface area contributed by atoms with Crippen molar-refractivity contribution in [3.05, 3.63) is 39.9 Å². The van der Waals surface area contributed by atoms with Crippen molar-refractivity contribution in [3.63, 3.8) is 0 Å². The molecule has 2 aliphatic rings. The Bertz CT molecular complexity index is 553. The maximum atomic E-state index is 12.2. The Morgan fingerprint density at radius 2 is 2.05 bits per heavy atom. The molecule has 20 heavy (non-hydrogen) atoms. The Morgan fingerprint density at radius 3 is 2.55 bits per heavy atom. The number of esters is 1. The van der Waals surface area contributed by atoms with E-state index in [2.05, 4.69) is 0 Å². The van der Waals surface area contributed by atoms with Crippen LogP contribution >= 0.6 is 0 Å². The Morgan fingerprint density at radius 1 is 1.35 bits per heavy atom. The van der Waals surface area contributed by atoms with Gasteiger partial charge in [0, 0.05) is 12.1 Å². The Hall–Kier alpha value is -1.91. The SMILES string of the molecule is C[C@]1(OC(=O)c2ccc([N+](=O)[O-])cc2)C[C@H]2CC[C@H]1C2. The number of non-ortho nitro benzene ring substituents is 1. The van der Waals surface area contributed by atoms with Crippen LogP contribution in [0, 0.1) is 22.0 Å². The first-order valence-corrected chi connectivity index (χ1v) is 6.96. The van der Waals surface area contributed by atoms with Crippen molar-refractivity contribution >= 4 is 11.7 Å². The van der Waals surface area contributed by atoms with Gasteiger partial charge in [0.2, 0.25) is 0 Å². The highest BCUT2D eigenvalue weighted by atomic mass is 16.6. The minimum absolute atomic E-state index is 0.0207. The zero-order valence-corrected chi connectivity index (χ0v) is 11.4. The van der Waals surface area contributed by atoms with Crippen LogP contribution < -0.4 is 0 Å². The van der Waals surface area contributed by atoms with Gasteiger partial charge < -0.3 is 4.74 Å². The zero-order valence-electron chi connectivity index (χ0n) is 11.4. The summed E-state index contributed by atoms with van der Waals surface area (Å²) in [6.07, 6.45) is 4.48. The van der Waals surface area contributed by atoms with Gasteiger partial charge in [-0.2, -0.15) is 0 Å². The highest BCUT2D eigenvalue weighted by molar-refractivity contribution is 5.90. The van der Waals surface area contributed by atoms with E-state index in [4.69, 9.17) is 4.74 Å². The molecule has 2 saturated carbocycles. The number of nitrogens with zero attached hydrogens (tertiary/aromatic N) is 1. The molecule has 2 fully saturated rings. The number of carbonyl (C=O) groups excluding carboxylic acids is 1. The summed E-state index contributed by atoms with van der Waals surface area (Å²) in [6.45, 7) is 2.01. The van der Waals surface area contributed by atoms with Gasteiger partial charge >= 0.3 is 5.97 Å². The summed E-state index contributed by atoms with van der Waals surface area (Å²) >= 11 is 0. The van der Waals surface area contributed by atoms with Gasteiger partial charge in [0.1, 0.15) is 5.60 Å². The Kier molecular flexibility index (Phi) is 3.00. The third kappa shape index (κ3) is 2.17. The van der Waals surface area contributed by atoms with Crippen LogP contribution in [0.5, 0.6) is 0 Å². The lowest BCUT2D eigenvalue weighted by Crippen LogP contribution is -2.37. The number of nitro benzene ring substituents is 1. The molecule has 2 aliphatic carbocycles. The van der Waals surface area contributed by atoms with Gasteiger partial charge in [-0.25, -0.2) is 4.79 Å². The topological polar surface area (TPSA) is 69.4 Å². The van der Waals surface area contributed by atoms with Gasteiger partial charge in [-0.05, 0) is 56.6 Å². The molecule has 0 radical (unpaired) electrons. The summed E-state index contributed by atoms with van der Waals surface area (Å²) < 4.78 is 5.71.